The summed E-state index contributed by atoms with van der Waals surface area (Å²) in [6.07, 6.45) is 3.16. The van der Waals surface area contributed by atoms with E-state index in [1.54, 1.807) is 36.5 Å². The fraction of sp³-hybridized carbons (Fsp3) is 0. The molecule has 0 saturated carbocycles. The first-order chi connectivity index (χ1) is 13.6. The van der Waals surface area contributed by atoms with Crippen molar-refractivity contribution in [1.82, 2.24) is 14.5 Å². The minimum absolute atomic E-state index is 0.240. The molecule has 0 spiro atoms. The Morgan fingerprint density at radius 1 is 1.04 bits per heavy atom. The van der Waals surface area contributed by atoms with E-state index in [1.165, 1.54) is 17.0 Å². The molecule has 0 unspecified atom stereocenters. The van der Waals surface area contributed by atoms with E-state index in [-0.39, 0.29) is 5.56 Å². The number of hydrogen-bond donors (Lipinski definition) is 1. The molecular weight excluding hydrogens is 394 g/mol. The van der Waals surface area contributed by atoms with Crippen molar-refractivity contribution < 1.29 is 4.74 Å². The van der Waals surface area contributed by atoms with Crippen LogP contribution in [0.15, 0.2) is 84.0 Å². The Hall–Kier alpha value is -3.22. The second kappa shape index (κ2) is 7.80. The monoisotopic (exact) mass is 407 g/mol. The number of aromatic amines is 1. The van der Waals surface area contributed by atoms with Crippen LogP contribution >= 0.6 is 23.8 Å². The number of para-hydroxylation sites is 1. The van der Waals surface area contributed by atoms with Gasteiger partial charge in [-0.2, -0.15) is 0 Å². The number of rotatable bonds is 4. The molecule has 2 aromatic heterocycles. The van der Waals surface area contributed by atoms with E-state index in [0.717, 1.165) is 0 Å². The first-order valence-electron chi connectivity index (χ1n) is 8.41. The molecule has 7 heteroatoms. The number of nitrogens with one attached hydrogen (secondary N) is 1. The fourth-order valence-electron chi connectivity index (χ4n) is 2.74. The summed E-state index contributed by atoms with van der Waals surface area (Å²) in [5, 5.41) is 0.597. The van der Waals surface area contributed by atoms with Crippen molar-refractivity contribution in [2.24, 2.45) is 0 Å². The smallest absolute Gasteiger partial charge is 0.258 e. The standard InChI is InChI=1S/C21H14ClN3O2S/c22-14-6-8-15(9-7-14)25-13-24-17(12-19(25)26)20-18(10-11-23-21(20)28)27-16-4-2-1-3-5-16/h1-13H,(H,23,28). The molecule has 2 heterocycles. The van der Waals surface area contributed by atoms with Gasteiger partial charge in [-0.15, -0.1) is 0 Å². The average Bonchev–Trinajstić information content (AvgIpc) is 2.70. The first-order valence-corrected chi connectivity index (χ1v) is 9.20. The molecule has 2 aromatic carbocycles. The summed E-state index contributed by atoms with van der Waals surface area (Å²) in [4.78, 5) is 20.1. The molecule has 4 aromatic rings. The summed E-state index contributed by atoms with van der Waals surface area (Å²) in [5.74, 6) is 1.19. The maximum Gasteiger partial charge on any atom is 0.258 e. The molecule has 28 heavy (non-hydrogen) atoms. The van der Waals surface area contributed by atoms with Crippen LogP contribution in [0.1, 0.15) is 0 Å². The van der Waals surface area contributed by atoms with Gasteiger partial charge in [-0.1, -0.05) is 42.0 Å². The normalized spacial score (nSPS) is 10.6. The van der Waals surface area contributed by atoms with Crippen LogP contribution in [-0.2, 0) is 0 Å². The molecule has 0 saturated heterocycles. The van der Waals surface area contributed by atoms with Crippen LogP contribution in [-0.4, -0.2) is 14.5 Å². The zero-order valence-electron chi connectivity index (χ0n) is 14.5. The van der Waals surface area contributed by atoms with Gasteiger partial charge in [-0.25, -0.2) is 4.98 Å². The van der Waals surface area contributed by atoms with Crippen molar-refractivity contribution in [3.8, 4) is 28.4 Å². The molecule has 4 rings (SSSR count). The summed E-state index contributed by atoms with van der Waals surface area (Å²) >= 11 is 11.3. The van der Waals surface area contributed by atoms with Gasteiger partial charge in [0.1, 0.15) is 22.5 Å². The Morgan fingerprint density at radius 2 is 1.79 bits per heavy atom. The van der Waals surface area contributed by atoms with E-state index in [0.29, 0.717) is 38.1 Å². The van der Waals surface area contributed by atoms with E-state index in [4.69, 9.17) is 28.6 Å². The lowest BCUT2D eigenvalue weighted by molar-refractivity contribution is 0.483. The van der Waals surface area contributed by atoms with Gasteiger partial charge in [0.2, 0.25) is 0 Å². The summed E-state index contributed by atoms with van der Waals surface area (Å²) in [5.41, 5.74) is 1.42. The highest BCUT2D eigenvalue weighted by Crippen LogP contribution is 2.32. The lowest BCUT2D eigenvalue weighted by Crippen LogP contribution is -2.18. The third kappa shape index (κ3) is 3.74. The second-order valence-electron chi connectivity index (χ2n) is 5.92. The highest BCUT2D eigenvalue weighted by Gasteiger charge is 2.13. The molecule has 0 radical (unpaired) electrons. The largest absolute Gasteiger partial charge is 0.456 e. The van der Waals surface area contributed by atoms with Crippen LogP contribution < -0.4 is 10.3 Å². The summed E-state index contributed by atoms with van der Waals surface area (Å²) in [6, 6.07) is 19.5. The van der Waals surface area contributed by atoms with E-state index >= 15 is 0 Å². The Bertz CT molecular complexity index is 1230. The number of hydrogen-bond acceptors (Lipinski definition) is 4. The second-order valence-corrected chi connectivity index (χ2v) is 6.76. The molecule has 0 amide bonds. The highest BCUT2D eigenvalue weighted by atomic mass is 35.5. The van der Waals surface area contributed by atoms with Crippen molar-refractivity contribution >= 4 is 23.8 Å². The third-order valence-corrected chi connectivity index (χ3v) is 4.64. The average molecular weight is 408 g/mol. The van der Waals surface area contributed by atoms with E-state index in [2.05, 4.69) is 9.97 Å². The van der Waals surface area contributed by atoms with Crippen LogP contribution in [0.2, 0.25) is 5.02 Å². The van der Waals surface area contributed by atoms with Gasteiger partial charge in [0.05, 0.1) is 16.9 Å². The van der Waals surface area contributed by atoms with E-state index < -0.39 is 0 Å². The Balaban J connectivity index is 1.77. The van der Waals surface area contributed by atoms with Crippen molar-refractivity contribution in [2.45, 2.75) is 0 Å². The fourth-order valence-corrected chi connectivity index (χ4v) is 3.14. The number of H-pyrrole nitrogens is 1. The lowest BCUT2D eigenvalue weighted by atomic mass is 10.2. The van der Waals surface area contributed by atoms with Gasteiger partial charge in [0.15, 0.2) is 0 Å². The molecule has 5 nitrogen and oxygen atoms in total. The maximum absolute atomic E-state index is 12.7. The van der Waals surface area contributed by atoms with Crippen LogP contribution in [0.3, 0.4) is 0 Å². The van der Waals surface area contributed by atoms with Crippen molar-refractivity contribution in [1.29, 1.82) is 0 Å². The molecular formula is C21H14ClN3O2S. The van der Waals surface area contributed by atoms with Gasteiger partial charge in [-0.05, 0) is 42.5 Å². The van der Waals surface area contributed by atoms with Gasteiger partial charge in [0, 0.05) is 17.3 Å². The lowest BCUT2D eigenvalue weighted by Gasteiger charge is -2.12. The van der Waals surface area contributed by atoms with E-state index in [1.807, 2.05) is 30.3 Å². The molecule has 0 aliphatic heterocycles. The first kappa shape index (κ1) is 18.2. The Kier molecular flexibility index (Phi) is 5.06. The van der Waals surface area contributed by atoms with Gasteiger partial charge >= 0.3 is 0 Å². The van der Waals surface area contributed by atoms with Crippen LogP contribution in [0.5, 0.6) is 11.5 Å². The molecule has 0 bridgehead atoms. The molecule has 1 N–H and O–H groups in total. The maximum atomic E-state index is 12.7. The zero-order chi connectivity index (χ0) is 19.5. The number of nitrogens with zero attached hydrogens (tertiary/aromatic N) is 2. The molecule has 0 aliphatic carbocycles. The minimum atomic E-state index is -0.240. The molecule has 138 valence electrons. The summed E-state index contributed by atoms with van der Waals surface area (Å²) in [7, 11) is 0. The van der Waals surface area contributed by atoms with Crippen molar-refractivity contribution in [2.75, 3.05) is 0 Å². The molecule has 0 fully saturated rings. The van der Waals surface area contributed by atoms with Gasteiger partial charge in [-0.3, -0.25) is 9.36 Å². The number of benzene rings is 2. The highest BCUT2D eigenvalue weighted by molar-refractivity contribution is 7.71. The number of halogens is 1. The Labute approximate surface area is 170 Å². The number of pyridine rings is 1. The zero-order valence-corrected chi connectivity index (χ0v) is 16.1. The topological polar surface area (TPSA) is 59.9 Å². The summed E-state index contributed by atoms with van der Waals surface area (Å²) < 4.78 is 7.84. The van der Waals surface area contributed by atoms with Crippen molar-refractivity contribution in [3.05, 3.63) is 99.3 Å². The summed E-state index contributed by atoms with van der Waals surface area (Å²) in [6.45, 7) is 0. The quantitative estimate of drug-likeness (QED) is 0.460. The van der Waals surface area contributed by atoms with Crippen LogP contribution in [0, 0.1) is 4.64 Å². The SMILES string of the molecule is O=c1cc(-c2c(Oc3ccccc3)cc[nH]c2=S)ncn1-c1ccc(Cl)cc1. The van der Waals surface area contributed by atoms with Crippen LogP contribution in [0.4, 0.5) is 0 Å². The molecule has 0 aliphatic rings. The van der Waals surface area contributed by atoms with E-state index in [9.17, 15) is 4.79 Å². The molecule has 0 atom stereocenters. The third-order valence-electron chi connectivity index (χ3n) is 4.06. The number of ether oxygens (including phenoxy) is 1. The van der Waals surface area contributed by atoms with Gasteiger partial charge < -0.3 is 9.72 Å². The Morgan fingerprint density at radius 3 is 2.50 bits per heavy atom. The van der Waals surface area contributed by atoms with Crippen molar-refractivity contribution in [3.63, 3.8) is 0 Å². The number of aromatic nitrogens is 3. The minimum Gasteiger partial charge on any atom is -0.456 e. The predicted octanol–water partition coefficient (Wildman–Crippen LogP) is 5.40. The van der Waals surface area contributed by atoms with Crippen LogP contribution in [0.25, 0.3) is 16.9 Å². The van der Waals surface area contributed by atoms with Gasteiger partial charge in [0.25, 0.3) is 5.56 Å². The predicted molar refractivity (Wildman–Crippen MR) is 112 cm³/mol.